The first-order valence-corrected chi connectivity index (χ1v) is 7.81. The summed E-state index contributed by atoms with van der Waals surface area (Å²) in [6.07, 6.45) is 4.06. The Balaban J connectivity index is 1.93. The molecular formula is C16H18BrNO4. The minimum atomic E-state index is -0.804. The number of methoxy groups -OCH3 is 1. The zero-order valence-corrected chi connectivity index (χ0v) is 14.1. The van der Waals surface area contributed by atoms with Crippen molar-refractivity contribution >= 4 is 33.9 Å². The van der Waals surface area contributed by atoms with Gasteiger partial charge >= 0.3 is 5.97 Å². The molecule has 6 heteroatoms. The second-order valence-electron chi connectivity index (χ2n) is 5.08. The molecule has 0 aliphatic heterocycles. The van der Waals surface area contributed by atoms with Gasteiger partial charge in [0.15, 0.2) is 6.10 Å². The van der Waals surface area contributed by atoms with Crippen LogP contribution in [0.1, 0.15) is 25.3 Å². The van der Waals surface area contributed by atoms with Crippen LogP contribution < -0.4 is 10.1 Å². The fourth-order valence-electron chi connectivity index (χ4n) is 1.81. The molecule has 1 aromatic rings. The van der Waals surface area contributed by atoms with E-state index in [2.05, 4.69) is 21.2 Å². The lowest BCUT2D eigenvalue weighted by Gasteiger charge is -2.11. The van der Waals surface area contributed by atoms with Gasteiger partial charge in [0.1, 0.15) is 5.75 Å². The van der Waals surface area contributed by atoms with Crippen LogP contribution in [0.5, 0.6) is 5.75 Å². The summed E-state index contributed by atoms with van der Waals surface area (Å²) in [6.45, 7) is 1.56. The number of nitrogens with one attached hydrogen (secondary N) is 1. The zero-order valence-electron chi connectivity index (χ0n) is 12.5. The summed E-state index contributed by atoms with van der Waals surface area (Å²) in [6, 6.07) is 5.71. The third-order valence-corrected chi connectivity index (χ3v) is 3.67. The first kappa shape index (κ1) is 16.5. The number of benzene rings is 1. The second-order valence-corrected chi connectivity index (χ2v) is 6.00. The van der Waals surface area contributed by atoms with Crippen molar-refractivity contribution in [3.8, 4) is 5.75 Å². The van der Waals surface area contributed by atoms with Crippen LogP contribution in [-0.4, -0.2) is 31.1 Å². The molecule has 1 aliphatic carbocycles. The van der Waals surface area contributed by atoms with Crippen LogP contribution in [0, 0.1) is 0 Å². The summed E-state index contributed by atoms with van der Waals surface area (Å²) in [7, 11) is 1.56. The minimum Gasteiger partial charge on any atom is -0.496 e. The van der Waals surface area contributed by atoms with Crippen LogP contribution in [0.3, 0.4) is 0 Å². The predicted octanol–water partition coefficient (Wildman–Crippen LogP) is 2.68. The number of carbonyl (C=O) groups is 2. The third-order valence-electron chi connectivity index (χ3n) is 3.18. The summed E-state index contributed by atoms with van der Waals surface area (Å²) in [4.78, 5) is 23.5. The number of halogens is 1. The molecule has 1 N–H and O–H groups in total. The summed E-state index contributed by atoms with van der Waals surface area (Å²) >= 11 is 3.36. The fourth-order valence-corrected chi connectivity index (χ4v) is 2.19. The molecule has 5 nitrogen and oxygen atoms in total. The normalized spacial score (nSPS) is 15.4. The van der Waals surface area contributed by atoms with Crippen molar-refractivity contribution in [3.05, 3.63) is 34.3 Å². The molecule has 22 heavy (non-hydrogen) atoms. The molecule has 0 spiro atoms. The zero-order chi connectivity index (χ0) is 16.1. The second kappa shape index (κ2) is 7.45. The first-order valence-electron chi connectivity index (χ1n) is 7.02. The van der Waals surface area contributed by atoms with Crippen molar-refractivity contribution in [1.29, 1.82) is 0 Å². The highest BCUT2D eigenvalue weighted by molar-refractivity contribution is 9.10. The van der Waals surface area contributed by atoms with E-state index in [4.69, 9.17) is 9.47 Å². The lowest BCUT2D eigenvalue weighted by Crippen LogP contribution is -2.36. The van der Waals surface area contributed by atoms with E-state index in [1.807, 2.05) is 12.1 Å². The molecule has 1 atom stereocenters. The number of amides is 1. The molecule has 0 bridgehead atoms. The first-order chi connectivity index (χ1) is 10.5. The topological polar surface area (TPSA) is 64.6 Å². The van der Waals surface area contributed by atoms with Crippen LogP contribution in [0.15, 0.2) is 28.7 Å². The van der Waals surface area contributed by atoms with Gasteiger partial charge in [0.25, 0.3) is 5.91 Å². The van der Waals surface area contributed by atoms with Gasteiger partial charge in [0.2, 0.25) is 0 Å². The highest BCUT2D eigenvalue weighted by Crippen LogP contribution is 2.24. The number of hydrogen-bond donors (Lipinski definition) is 1. The molecule has 1 fully saturated rings. The Kier molecular flexibility index (Phi) is 5.60. The van der Waals surface area contributed by atoms with E-state index < -0.39 is 12.1 Å². The van der Waals surface area contributed by atoms with Gasteiger partial charge in [0.05, 0.1) is 7.11 Å². The minimum absolute atomic E-state index is 0.245. The molecule has 1 amide bonds. The quantitative estimate of drug-likeness (QED) is 0.620. The van der Waals surface area contributed by atoms with Crippen molar-refractivity contribution in [2.75, 3.05) is 7.11 Å². The Labute approximate surface area is 137 Å². The molecule has 2 rings (SSSR count). The van der Waals surface area contributed by atoms with E-state index in [1.54, 1.807) is 26.2 Å². The molecule has 0 heterocycles. The number of hydrogen-bond acceptors (Lipinski definition) is 4. The van der Waals surface area contributed by atoms with Crippen molar-refractivity contribution in [2.45, 2.75) is 31.9 Å². The SMILES string of the molecule is COc1ccc(Br)cc1/C=C/C(=O)O[C@@H](C)C(=O)NC1CC1. The largest absolute Gasteiger partial charge is 0.496 e. The van der Waals surface area contributed by atoms with Gasteiger partial charge in [-0.25, -0.2) is 4.79 Å². The van der Waals surface area contributed by atoms with Crippen molar-refractivity contribution in [3.63, 3.8) is 0 Å². The number of carbonyl (C=O) groups excluding carboxylic acids is 2. The Bertz CT molecular complexity index is 596. The van der Waals surface area contributed by atoms with Crippen molar-refractivity contribution < 1.29 is 19.1 Å². The van der Waals surface area contributed by atoms with Crippen LogP contribution >= 0.6 is 15.9 Å². The molecule has 1 aromatic carbocycles. The summed E-state index contributed by atoms with van der Waals surface area (Å²) in [5.41, 5.74) is 0.740. The van der Waals surface area contributed by atoms with E-state index in [-0.39, 0.29) is 11.9 Å². The molecular weight excluding hydrogens is 350 g/mol. The van der Waals surface area contributed by atoms with Gasteiger partial charge in [-0.2, -0.15) is 0 Å². The van der Waals surface area contributed by atoms with Crippen LogP contribution in [0.2, 0.25) is 0 Å². The average molecular weight is 368 g/mol. The Morgan fingerprint density at radius 1 is 1.41 bits per heavy atom. The maximum Gasteiger partial charge on any atom is 0.331 e. The average Bonchev–Trinajstić information content (AvgIpc) is 3.29. The smallest absolute Gasteiger partial charge is 0.331 e. The molecule has 0 aromatic heterocycles. The summed E-state index contributed by atoms with van der Waals surface area (Å²) < 4.78 is 11.2. The lowest BCUT2D eigenvalue weighted by molar-refractivity contribution is -0.150. The monoisotopic (exact) mass is 367 g/mol. The summed E-state index contributed by atoms with van der Waals surface area (Å²) in [5, 5.41) is 2.79. The van der Waals surface area contributed by atoms with E-state index >= 15 is 0 Å². The van der Waals surface area contributed by atoms with Gasteiger partial charge in [0, 0.05) is 22.2 Å². The standard InChI is InChI=1S/C16H18BrNO4/c1-10(16(20)18-13-5-6-13)22-15(19)8-3-11-9-12(17)4-7-14(11)21-2/h3-4,7-10,13H,5-6H2,1-2H3,(H,18,20)/b8-3+/t10-/m0/s1. The molecule has 0 saturated heterocycles. The Morgan fingerprint density at radius 2 is 2.14 bits per heavy atom. The summed E-state index contributed by atoms with van der Waals surface area (Å²) in [5.74, 6) is -0.184. The van der Waals surface area contributed by atoms with Gasteiger partial charge in [-0.1, -0.05) is 15.9 Å². The molecule has 0 radical (unpaired) electrons. The molecule has 0 unspecified atom stereocenters. The Hall–Kier alpha value is -1.82. The van der Waals surface area contributed by atoms with Gasteiger partial charge in [-0.15, -0.1) is 0 Å². The lowest BCUT2D eigenvalue weighted by atomic mass is 10.2. The molecule has 118 valence electrons. The fraction of sp³-hybridized carbons (Fsp3) is 0.375. The third kappa shape index (κ3) is 4.87. The number of ether oxygens (including phenoxy) is 2. The van der Waals surface area contributed by atoms with E-state index in [0.29, 0.717) is 5.75 Å². The van der Waals surface area contributed by atoms with Crippen molar-refractivity contribution in [1.82, 2.24) is 5.32 Å². The van der Waals surface area contributed by atoms with Crippen LogP contribution in [0.25, 0.3) is 6.08 Å². The number of rotatable bonds is 6. The molecule has 1 aliphatic rings. The number of esters is 1. The van der Waals surface area contributed by atoms with Gasteiger partial charge in [-0.05, 0) is 44.0 Å². The Morgan fingerprint density at radius 3 is 2.77 bits per heavy atom. The predicted molar refractivity (Wildman–Crippen MR) is 86.4 cm³/mol. The van der Waals surface area contributed by atoms with E-state index in [0.717, 1.165) is 22.9 Å². The maximum absolute atomic E-state index is 11.8. The van der Waals surface area contributed by atoms with Gasteiger partial charge < -0.3 is 14.8 Å². The van der Waals surface area contributed by atoms with E-state index in [1.165, 1.54) is 6.08 Å². The molecule has 1 saturated carbocycles. The van der Waals surface area contributed by atoms with Crippen LogP contribution in [0.4, 0.5) is 0 Å². The van der Waals surface area contributed by atoms with Crippen molar-refractivity contribution in [2.24, 2.45) is 0 Å². The highest BCUT2D eigenvalue weighted by Gasteiger charge is 2.26. The van der Waals surface area contributed by atoms with Gasteiger partial charge in [-0.3, -0.25) is 4.79 Å². The highest BCUT2D eigenvalue weighted by atomic mass is 79.9. The van der Waals surface area contributed by atoms with E-state index in [9.17, 15) is 9.59 Å². The maximum atomic E-state index is 11.8. The van der Waals surface area contributed by atoms with Crippen LogP contribution in [-0.2, 0) is 14.3 Å².